The summed E-state index contributed by atoms with van der Waals surface area (Å²) in [4.78, 5) is 4.38. The molecule has 0 aliphatic rings. The van der Waals surface area contributed by atoms with Crippen molar-refractivity contribution in [2.45, 2.75) is 19.9 Å². The fourth-order valence-corrected chi connectivity index (χ4v) is 2.17. The van der Waals surface area contributed by atoms with E-state index in [9.17, 15) is 0 Å². The highest BCUT2D eigenvalue weighted by Crippen LogP contribution is 2.18. The predicted molar refractivity (Wildman–Crippen MR) is 83.5 cm³/mol. The Bertz CT molecular complexity index is 734. The van der Waals surface area contributed by atoms with E-state index in [4.69, 9.17) is 16.1 Å². The maximum Gasteiger partial charge on any atom is 0.228 e. The molecular weight excluding hydrogens is 302 g/mol. The summed E-state index contributed by atoms with van der Waals surface area (Å²) in [5.74, 6) is 1.19. The molecule has 7 heteroatoms. The highest BCUT2D eigenvalue weighted by molar-refractivity contribution is 6.30. The Kier molecular flexibility index (Phi) is 4.50. The minimum Gasteiger partial charge on any atom is -0.339 e. The lowest BCUT2D eigenvalue weighted by atomic mass is 10.2. The fourth-order valence-electron chi connectivity index (χ4n) is 2.04. The zero-order valence-electron chi connectivity index (χ0n) is 12.1. The quantitative estimate of drug-likeness (QED) is 0.683. The van der Waals surface area contributed by atoms with Crippen molar-refractivity contribution in [2.75, 3.05) is 6.54 Å². The average molecular weight is 318 g/mol. The van der Waals surface area contributed by atoms with Gasteiger partial charge in [0.2, 0.25) is 11.7 Å². The second-order valence-corrected chi connectivity index (χ2v) is 5.40. The van der Waals surface area contributed by atoms with Crippen LogP contribution in [0.4, 0.5) is 0 Å². The summed E-state index contributed by atoms with van der Waals surface area (Å²) in [5, 5.41) is 14.9. The minimum absolute atomic E-state index is 0.581. The van der Waals surface area contributed by atoms with E-state index < -0.39 is 0 Å². The first-order valence-corrected chi connectivity index (χ1v) is 7.38. The van der Waals surface area contributed by atoms with Crippen molar-refractivity contribution in [3.8, 4) is 11.4 Å². The Hall–Kier alpha value is -2.18. The molecule has 0 bridgehead atoms. The maximum absolute atomic E-state index is 5.86. The van der Waals surface area contributed by atoms with E-state index in [1.54, 1.807) is 0 Å². The fraction of sp³-hybridized carbons (Fsp3) is 0.267. The molecular formula is C15H16ClN5O. The topological polar surface area (TPSA) is 79.6 Å². The van der Waals surface area contributed by atoms with Gasteiger partial charge in [0.1, 0.15) is 0 Å². The Balaban J connectivity index is 1.51. The van der Waals surface area contributed by atoms with Crippen LogP contribution >= 0.6 is 11.6 Å². The van der Waals surface area contributed by atoms with Crippen LogP contribution in [0.3, 0.4) is 0 Å². The van der Waals surface area contributed by atoms with Crippen LogP contribution in [-0.4, -0.2) is 26.9 Å². The number of H-pyrrole nitrogens is 1. The van der Waals surface area contributed by atoms with Gasteiger partial charge < -0.3 is 9.84 Å². The molecule has 22 heavy (non-hydrogen) atoms. The van der Waals surface area contributed by atoms with Crippen molar-refractivity contribution >= 4 is 11.6 Å². The number of benzene rings is 1. The van der Waals surface area contributed by atoms with E-state index in [1.807, 2.05) is 37.4 Å². The second-order valence-electron chi connectivity index (χ2n) is 4.97. The van der Waals surface area contributed by atoms with Crippen LogP contribution < -0.4 is 5.32 Å². The molecule has 0 aliphatic carbocycles. The summed E-state index contributed by atoms with van der Waals surface area (Å²) in [6.07, 6.45) is 2.51. The molecule has 3 rings (SSSR count). The molecule has 0 spiro atoms. The van der Waals surface area contributed by atoms with Gasteiger partial charge in [0.05, 0.1) is 6.20 Å². The number of halogens is 1. The SMILES string of the molecule is Cc1[nH]ncc1CNCCc1nc(-c2ccc(Cl)cc2)no1. The smallest absolute Gasteiger partial charge is 0.228 e. The van der Waals surface area contributed by atoms with Crippen LogP contribution in [-0.2, 0) is 13.0 Å². The first-order valence-electron chi connectivity index (χ1n) is 7.00. The van der Waals surface area contributed by atoms with Crippen LogP contribution in [0, 0.1) is 6.92 Å². The standard InChI is InChI=1S/C15H16ClN5O/c1-10-12(9-18-20-10)8-17-7-6-14-19-15(21-22-14)11-2-4-13(16)5-3-11/h2-5,9,17H,6-8H2,1H3,(H,18,20). The minimum atomic E-state index is 0.581. The Morgan fingerprint density at radius 1 is 1.27 bits per heavy atom. The molecule has 0 aliphatic heterocycles. The number of nitrogens with zero attached hydrogens (tertiary/aromatic N) is 3. The van der Waals surface area contributed by atoms with Gasteiger partial charge in [0, 0.05) is 41.4 Å². The molecule has 0 unspecified atom stereocenters. The summed E-state index contributed by atoms with van der Waals surface area (Å²) in [6, 6.07) is 7.36. The largest absolute Gasteiger partial charge is 0.339 e. The monoisotopic (exact) mass is 317 g/mol. The summed E-state index contributed by atoms with van der Waals surface area (Å²) in [5.41, 5.74) is 3.13. The third-order valence-electron chi connectivity index (χ3n) is 3.34. The summed E-state index contributed by atoms with van der Waals surface area (Å²) < 4.78 is 5.26. The Labute approximate surface area is 132 Å². The van der Waals surface area contributed by atoms with Crippen molar-refractivity contribution in [3.63, 3.8) is 0 Å². The maximum atomic E-state index is 5.86. The van der Waals surface area contributed by atoms with Crippen LogP contribution in [0.15, 0.2) is 35.0 Å². The lowest BCUT2D eigenvalue weighted by molar-refractivity contribution is 0.376. The van der Waals surface area contributed by atoms with Gasteiger partial charge in [-0.3, -0.25) is 5.10 Å². The van der Waals surface area contributed by atoms with Crippen molar-refractivity contribution < 1.29 is 4.52 Å². The number of hydrogen-bond acceptors (Lipinski definition) is 5. The molecule has 0 atom stereocenters. The zero-order chi connectivity index (χ0) is 15.4. The van der Waals surface area contributed by atoms with Crippen LogP contribution in [0.25, 0.3) is 11.4 Å². The molecule has 2 N–H and O–H groups in total. The molecule has 6 nitrogen and oxygen atoms in total. The molecule has 0 saturated carbocycles. The number of hydrogen-bond donors (Lipinski definition) is 2. The highest BCUT2D eigenvalue weighted by atomic mass is 35.5. The van der Waals surface area contributed by atoms with Gasteiger partial charge in [-0.05, 0) is 31.2 Å². The van der Waals surface area contributed by atoms with Crippen LogP contribution in [0.2, 0.25) is 5.02 Å². The number of nitrogens with one attached hydrogen (secondary N) is 2. The molecule has 0 saturated heterocycles. The van der Waals surface area contributed by atoms with Crippen molar-refractivity contribution in [2.24, 2.45) is 0 Å². The lowest BCUT2D eigenvalue weighted by Crippen LogP contribution is -2.17. The van der Waals surface area contributed by atoms with E-state index >= 15 is 0 Å². The third-order valence-corrected chi connectivity index (χ3v) is 3.59. The van der Waals surface area contributed by atoms with Crippen molar-refractivity contribution in [1.82, 2.24) is 25.7 Å². The van der Waals surface area contributed by atoms with Crippen molar-refractivity contribution in [1.29, 1.82) is 0 Å². The molecule has 3 aromatic rings. The summed E-state index contributed by atoms with van der Waals surface area (Å²) >= 11 is 5.86. The third kappa shape index (κ3) is 3.52. The van der Waals surface area contributed by atoms with Gasteiger partial charge in [0.15, 0.2) is 0 Å². The van der Waals surface area contributed by atoms with Crippen molar-refractivity contribution in [3.05, 3.63) is 52.6 Å². The van der Waals surface area contributed by atoms with Crippen LogP contribution in [0.1, 0.15) is 17.1 Å². The van der Waals surface area contributed by atoms with E-state index in [2.05, 4.69) is 25.7 Å². The molecule has 2 aromatic heterocycles. The van der Waals surface area contributed by atoms with Gasteiger partial charge in [0.25, 0.3) is 0 Å². The number of aryl methyl sites for hydroxylation is 1. The molecule has 2 heterocycles. The molecule has 0 radical (unpaired) electrons. The van der Waals surface area contributed by atoms with E-state index in [-0.39, 0.29) is 0 Å². The Morgan fingerprint density at radius 3 is 2.82 bits per heavy atom. The van der Waals surface area contributed by atoms with Crippen LogP contribution in [0.5, 0.6) is 0 Å². The van der Waals surface area contributed by atoms with E-state index in [0.29, 0.717) is 23.2 Å². The van der Waals surface area contributed by atoms with Gasteiger partial charge in [-0.1, -0.05) is 16.8 Å². The number of rotatable bonds is 6. The molecule has 114 valence electrons. The summed E-state index contributed by atoms with van der Waals surface area (Å²) in [7, 11) is 0. The van der Waals surface area contributed by atoms with Gasteiger partial charge in [-0.2, -0.15) is 10.1 Å². The zero-order valence-corrected chi connectivity index (χ0v) is 12.9. The number of aromatic nitrogens is 4. The molecule has 0 amide bonds. The first-order chi connectivity index (χ1) is 10.7. The molecule has 1 aromatic carbocycles. The van der Waals surface area contributed by atoms with E-state index in [1.165, 1.54) is 0 Å². The van der Waals surface area contributed by atoms with Gasteiger partial charge in [-0.15, -0.1) is 0 Å². The lowest BCUT2D eigenvalue weighted by Gasteiger charge is -2.01. The Morgan fingerprint density at radius 2 is 2.09 bits per heavy atom. The average Bonchev–Trinajstić information content (AvgIpc) is 3.14. The normalized spacial score (nSPS) is 11.0. The second kappa shape index (κ2) is 6.72. The van der Waals surface area contributed by atoms with Gasteiger partial charge >= 0.3 is 0 Å². The first kappa shape index (κ1) is 14.7. The predicted octanol–water partition coefficient (Wildman–Crippen LogP) is 2.75. The summed E-state index contributed by atoms with van der Waals surface area (Å²) in [6.45, 7) is 3.52. The molecule has 0 fully saturated rings. The van der Waals surface area contributed by atoms with E-state index in [0.717, 1.165) is 29.9 Å². The highest BCUT2D eigenvalue weighted by Gasteiger charge is 2.08. The van der Waals surface area contributed by atoms with Gasteiger partial charge in [-0.25, -0.2) is 0 Å². The number of aromatic amines is 1.